The van der Waals surface area contributed by atoms with Crippen LogP contribution in [-0.4, -0.2) is 45.7 Å². The first-order valence-electron chi connectivity index (χ1n) is 10.9. The summed E-state index contributed by atoms with van der Waals surface area (Å²) in [5.41, 5.74) is 2.84. The van der Waals surface area contributed by atoms with Gasteiger partial charge in [-0.05, 0) is 78.9 Å². The third kappa shape index (κ3) is 5.14. The van der Waals surface area contributed by atoms with E-state index in [2.05, 4.69) is 81.6 Å². The van der Waals surface area contributed by atoms with Crippen LogP contribution in [0.1, 0.15) is 61.5 Å². The highest BCUT2D eigenvalue weighted by atomic mass is 79.9. The lowest BCUT2D eigenvalue weighted by atomic mass is 10.2. The predicted molar refractivity (Wildman–Crippen MR) is 131 cm³/mol. The Morgan fingerprint density at radius 2 is 1.91 bits per heavy atom. The molecule has 172 valence electrons. The second kappa shape index (κ2) is 10.5. The number of aromatic amines is 1. The van der Waals surface area contributed by atoms with Crippen molar-refractivity contribution < 1.29 is 4.79 Å². The normalized spacial score (nSPS) is 11.3. The van der Waals surface area contributed by atoms with Gasteiger partial charge < -0.3 is 0 Å². The predicted octanol–water partition coefficient (Wildman–Crippen LogP) is 5.15. The van der Waals surface area contributed by atoms with Crippen LogP contribution in [0, 0.1) is 0 Å². The van der Waals surface area contributed by atoms with Crippen LogP contribution in [-0.2, 0) is 13.0 Å². The van der Waals surface area contributed by atoms with Crippen LogP contribution in [0.15, 0.2) is 39.4 Å². The van der Waals surface area contributed by atoms with Crippen LogP contribution < -0.4 is 0 Å². The molecule has 0 radical (unpaired) electrons. The molecule has 0 spiro atoms. The summed E-state index contributed by atoms with van der Waals surface area (Å²) in [5, 5.41) is 18.8. The van der Waals surface area contributed by atoms with E-state index in [4.69, 9.17) is 0 Å². The van der Waals surface area contributed by atoms with E-state index in [1.165, 1.54) is 0 Å². The molecule has 0 unspecified atom stereocenters. The fourth-order valence-electron chi connectivity index (χ4n) is 3.58. The highest BCUT2D eigenvalue weighted by Gasteiger charge is 2.19. The number of hydrogen-bond donors (Lipinski definition) is 1. The first kappa shape index (κ1) is 23.5. The highest BCUT2D eigenvalue weighted by molar-refractivity contribution is 9.11. The number of carbonyl (C=O) groups excluding carboxylic acids is 1. The lowest BCUT2D eigenvalue weighted by molar-refractivity contribution is 0.0971. The number of aryl methyl sites for hydroxylation is 1. The summed E-state index contributed by atoms with van der Waals surface area (Å²) >= 11 is 7.21. The van der Waals surface area contributed by atoms with Gasteiger partial charge in [-0.1, -0.05) is 32.4 Å². The van der Waals surface area contributed by atoms with E-state index in [9.17, 15) is 4.79 Å². The zero-order chi connectivity index (χ0) is 23.4. The van der Waals surface area contributed by atoms with Crippen LogP contribution >= 0.6 is 31.9 Å². The number of carbonyl (C=O) groups is 1. The Labute approximate surface area is 208 Å². The van der Waals surface area contributed by atoms with Gasteiger partial charge in [-0.15, -0.1) is 10.2 Å². The Balaban J connectivity index is 1.61. The van der Waals surface area contributed by atoms with Crippen molar-refractivity contribution in [2.24, 2.45) is 0 Å². The van der Waals surface area contributed by atoms with Crippen molar-refractivity contribution in [2.75, 3.05) is 0 Å². The van der Waals surface area contributed by atoms with Gasteiger partial charge in [0.05, 0.1) is 11.1 Å². The molecule has 33 heavy (non-hydrogen) atoms. The molecule has 0 amide bonds. The fourth-order valence-corrected chi connectivity index (χ4v) is 5.08. The van der Waals surface area contributed by atoms with Gasteiger partial charge in [-0.3, -0.25) is 9.36 Å². The summed E-state index contributed by atoms with van der Waals surface area (Å²) in [6, 6.07) is 10.1. The van der Waals surface area contributed by atoms with E-state index in [-0.39, 0.29) is 5.78 Å². The third-order valence-corrected chi connectivity index (χ3v) is 6.42. The van der Waals surface area contributed by atoms with E-state index in [0.29, 0.717) is 24.6 Å². The van der Waals surface area contributed by atoms with Gasteiger partial charge in [0.1, 0.15) is 11.5 Å². The van der Waals surface area contributed by atoms with Gasteiger partial charge in [0.25, 0.3) is 0 Å². The van der Waals surface area contributed by atoms with Crippen LogP contribution in [0.2, 0.25) is 0 Å². The minimum Gasteiger partial charge on any atom is -0.300 e. The molecule has 0 saturated carbocycles. The number of hydrogen-bond acceptors (Lipinski definition) is 6. The molecule has 4 aromatic rings. The minimum atomic E-state index is 0.00168. The number of aromatic nitrogens is 8. The number of rotatable bonds is 10. The Hall–Kier alpha value is -2.66. The third-order valence-electron chi connectivity index (χ3n) is 5.23. The topological polar surface area (TPSA) is 107 Å². The zero-order valence-corrected chi connectivity index (χ0v) is 21.6. The number of nitrogens with zero attached hydrogens (tertiary/aromatic N) is 7. The van der Waals surface area contributed by atoms with Gasteiger partial charge in [0.15, 0.2) is 5.82 Å². The molecule has 3 heterocycles. The first-order valence-corrected chi connectivity index (χ1v) is 12.5. The number of benzene rings is 1. The maximum atomic E-state index is 12.3. The van der Waals surface area contributed by atoms with Gasteiger partial charge in [-0.2, -0.15) is 0 Å². The van der Waals surface area contributed by atoms with Crippen LogP contribution in [0.4, 0.5) is 0 Å². The number of nitrogens with one attached hydrogen (secondary N) is 1. The molecule has 9 nitrogen and oxygen atoms in total. The molecule has 1 N–H and O–H groups in total. The molecule has 0 aliphatic carbocycles. The maximum absolute atomic E-state index is 12.3. The summed E-state index contributed by atoms with van der Waals surface area (Å²) in [4.78, 5) is 16.9. The molecule has 0 fully saturated rings. The molecular formula is C22H24Br2N8O. The number of tetrazole rings is 1. The van der Waals surface area contributed by atoms with E-state index < -0.39 is 0 Å². The molecule has 0 aliphatic rings. The molecule has 0 bridgehead atoms. The first-order chi connectivity index (χ1) is 16.0. The smallest absolute Gasteiger partial charge is 0.217 e. The van der Waals surface area contributed by atoms with E-state index in [1.807, 2.05) is 34.4 Å². The van der Waals surface area contributed by atoms with Crippen LogP contribution in [0.3, 0.4) is 0 Å². The maximum Gasteiger partial charge on any atom is 0.217 e. The van der Waals surface area contributed by atoms with Crippen molar-refractivity contribution in [1.82, 2.24) is 40.0 Å². The molecule has 4 rings (SSSR count). The fraction of sp³-hybridized carbons (Fsp3) is 0.364. The Kier molecular flexibility index (Phi) is 7.49. The highest BCUT2D eigenvalue weighted by Crippen LogP contribution is 2.35. The minimum absolute atomic E-state index is 0.00168. The van der Waals surface area contributed by atoms with E-state index in [0.717, 1.165) is 57.5 Å². The van der Waals surface area contributed by atoms with Crippen molar-refractivity contribution >= 4 is 37.6 Å². The summed E-state index contributed by atoms with van der Waals surface area (Å²) in [6.07, 6.45) is 4.13. The van der Waals surface area contributed by atoms with Gasteiger partial charge >= 0.3 is 0 Å². The SMILES string of the molecule is CCCCc1nc(C(=O)CCC)nn1Cc1ccc(-n2c(Br)cc(Br)c2-c2nnn[nH]2)cc1. The van der Waals surface area contributed by atoms with Crippen molar-refractivity contribution in [3.63, 3.8) is 0 Å². The van der Waals surface area contributed by atoms with E-state index >= 15 is 0 Å². The Morgan fingerprint density at radius 1 is 1.12 bits per heavy atom. The average molecular weight is 576 g/mol. The van der Waals surface area contributed by atoms with E-state index in [1.54, 1.807) is 0 Å². The summed E-state index contributed by atoms with van der Waals surface area (Å²) in [7, 11) is 0. The molecule has 1 aromatic carbocycles. The quantitative estimate of drug-likeness (QED) is 0.262. The second-order valence-corrected chi connectivity index (χ2v) is 9.37. The Bertz CT molecular complexity index is 1230. The standard InChI is InChI=1S/C22H24Br2N8O/c1-3-5-7-19-25-21(17(33)6-4-2)28-31(19)13-14-8-10-15(11-9-14)32-18(24)12-16(23)20(32)22-26-29-30-27-22/h8-12H,3-7,13H2,1-2H3,(H,26,27,29,30). The second-order valence-electron chi connectivity index (χ2n) is 7.70. The lowest BCUT2D eigenvalue weighted by Gasteiger charge is -2.11. The largest absolute Gasteiger partial charge is 0.300 e. The average Bonchev–Trinajstić information content (AvgIpc) is 3.52. The lowest BCUT2D eigenvalue weighted by Crippen LogP contribution is -2.08. The molecule has 0 aliphatic heterocycles. The van der Waals surface area contributed by atoms with Gasteiger partial charge in [0, 0.05) is 23.0 Å². The van der Waals surface area contributed by atoms with Crippen LogP contribution in [0.25, 0.3) is 17.2 Å². The number of Topliss-reactive ketones (excluding diaryl/α,β-unsaturated/α-hetero) is 1. The van der Waals surface area contributed by atoms with Crippen molar-refractivity contribution in [2.45, 2.75) is 52.5 Å². The number of unbranched alkanes of at least 4 members (excludes halogenated alkanes) is 1. The molecule has 0 saturated heterocycles. The Morgan fingerprint density at radius 3 is 2.58 bits per heavy atom. The number of H-pyrrole nitrogens is 1. The van der Waals surface area contributed by atoms with Crippen molar-refractivity contribution in [1.29, 1.82) is 0 Å². The zero-order valence-electron chi connectivity index (χ0n) is 18.4. The molecule has 3 aromatic heterocycles. The van der Waals surface area contributed by atoms with Crippen molar-refractivity contribution in [3.05, 3.63) is 56.6 Å². The van der Waals surface area contributed by atoms with Gasteiger partial charge in [-0.25, -0.2) is 14.8 Å². The molecular weight excluding hydrogens is 552 g/mol. The van der Waals surface area contributed by atoms with Crippen LogP contribution in [0.5, 0.6) is 0 Å². The van der Waals surface area contributed by atoms with Gasteiger partial charge in [0.2, 0.25) is 11.6 Å². The number of halogens is 2. The monoisotopic (exact) mass is 574 g/mol. The summed E-state index contributed by atoms with van der Waals surface area (Å²) in [5.74, 6) is 1.74. The summed E-state index contributed by atoms with van der Waals surface area (Å²) < 4.78 is 5.61. The number of ketones is 1. The molecule has 0 atom stereocenters. The summed E-state index contributed by atoms with van der Waals surface area (Å²) in [6.45, 7) is 4.69. The molecule has 11 heteroatoms. The van der Waals surface area contributed by atoms with Crippen molar-refractivity contribution in [3.8, 4) is 17.2 Å².